The van der Waals surface area contributed by atoms with E-state index >= 15 is 0 Å². The highest BCUT2D eigenvalue weighted by Crippen LogP contribution is 2.54. The summed E-state index contributed by atoms with van der Waals surface area (Å²) in [6.45, 7) is 2.19. The van der Waals surface area contributed by atoms with E-state index in [9.17, 15) is 4.79 Å². The Hall–Kier alpha value is -0.590. The van der Waals surface area contributed by atoms with Gasteiger partial charge in [0.05, 0.1) is 0 Å². The summed E-state index contributed by atoms with van der Waals surface area (Å²) < 4.78 is 0. The van der Waals surface area contributed by atoms with Gasteiger partial charge in [-0.2, -0.15) is 0 Å². The van der Waals surface area contributed by atoms with Crippen LogP contribution in [0.4, 0.5) is 0 Å². The van der Waals surface area contributed by atoms with Gasteiger partial charge in [0.2, 0.25) is 0 Å². The van der Waals surface area contributed by atoms with Gasteiger partial charge >= 0.3 is 0 Å². The van der Waals surface area contributed by atoms with Gasteiger partial charge in [0.25, 0.3) is 0 Å². The van der Waals surface area contributed by atoms with Gasteiger partial charge in [-0.05, 0) is 30.6 Å². The number of allylic oxidation sites excluding steroid dienone is 2. The van der Waals surface area contributed by atoms with Crippen molar-refractivity contribution in [2.24, 2.45) is 17.3 Å². The molecule has 0 aliphatic heterocycles. The van der Waals surface area contributed by atoms with Crippen molar-refractivity contribution >= 4 is 6.29 Å². The molecule has 0 spiro atoms. The number of hydrogen-bond acceptors (Lipinski definition) is 1. The maximum atomic E-state index is 10.7. The Balaban J connectivity index is 2.29. The fourth-order valence-electron chi connectivity index (χ4n) is 2.67. The predicted molar refractivity (Wildman–Crippen MR) is 44.1 cm³/mol. The molecule has 0 aromatic carbocycles. The molecule has 0 unspecified atom stereocenters. The van der Waals surface area contributed by atoms with E-state index in [0.717, 1.165) is 19.1 Å². The smallest absolute Gasteiger partial charge is 0.123 e. The Kier molecular flexibility index (Phi) is 1.41. The second-order valence-electron chi connectivity index (χ2n) is 3.89. The van der Waals surface area contributed by atoms with Crippen LogP contribution in [0.1, 0.15) is 26.2 Å². The van der Waals surface area contributed by atoms with E-state index < -0.39 is 0 Å². The number of fused-ring (bicyclic) bond motifs is 2. The topological polar surface area (TPSA) is 17.1 Å². The summed E-state index contributed by atoms with van der Waals surface area (Å²) in [6, 6.07) is 0. The normalized spacial score (nSPS) is 46.6. The molecule has 2 aliphatic rings. The van der Waals surface area contributed by atoms with Crippen LogP contribution in [0.2, 0.25) is 0 Å². The molecule has 2 bridgehead atoms. The highest BCUT2D eigenvalue weighted by molar-refractivity contribution is 5.58. The summed E-state index contributed by atoms with van der Waals surface area (Å²) in [5, 5.41) is 0. The van der Waals surface area contributed by atoms with E-state index in [1.54, 1.807) is 0 Å². The minimum atomic E-state index is 0.270. The van der Waals surface area contributed by atoms with Crippen molar-refractivity contribution in [3.05, 3.63) is 12.2 Å². The third-order valence-corrected chi connectivity index (χ3v) is 3.46. The first kappa shape index (κ1) is 7.08. The molecule has 0 saturated heterocycles. The molecule has 3 atom stereocenters. The molecular formula is C10H14O. The number of aldehydes is 1. The second-order valence-corrected chi connectivity index (χ2v) is 3.89. The molecule has 0 radical (unpaired) electrons. The Labute approximate surface area is 67.5 Å². The van der Waals surface area contributed by atoms with Crippen molar-refractivity contribution in [3.63, 3.8) is 0 Å². The number of carbonyl (C=O) groups is 1. The average molecular weight is 150 g/mol. The van der Waals surface area contributed by atoms with Crippen LogP contribution in [-0.4, -0.2) is 6.29 Å². The van der Waals surface area contributed by atoms with Gasteiger partial charge < -0.3 is 4.79 Å². The van der Waals surface area contributed by atoms with Crippen LogP contribution in [0.5, 0.6) is 0 Å². The van der Waals surface area contributed by atoms with Gasteiger partial charge in [-0.15, -0.1) is 0 Å². The van der Waals surface area contributed by atoms with Crippen LogP contribution >= 0.6 is 0 Å². The van der Waals surface area contributed by atoms with Crippen LogP contribution in [0.25, 0.3) is 0 Å². The first-order valence-corrected chi connectivity index (χ1v) is 4.45. The standard InChI is InChI=1S/C10H14O/c1-2-10-4-3-8(6-10)5-9(10)7-11/h3-4,7-9H,2,5-6H2,1H3/t8-,9+,10-/m0/s1. The molecule has 1 fully saturated rings. The zero-order valence-corrected chi connectivity index (χ0v) is 6.92. The third-order valence-electron chi connectivity index (χ3n) is 3.46. The van der Waals surface area contributed by atoms with E-state index in [4.69, 9.17) is 0 Å². The lowest BCUT2D eigenvalue weighted by Gasteiger charge is -2.26. The SMILES string of the molecule is CC[C@@]12C=C[C@@H](C[C@@H]1C=O)C2. The lowest BCUT2D eigenvalue weighted by atomic mass is 9.77. The lowest BCUT2D eigenvalue weighted by molar-refractivity contribution is -0.113. The molecule has 0 amide bonds. The highest BCUT2D eigenvalue weighted by Gasteiger charge is 2.46. The first-order valence-electron chi connectivity index (χ1n) is 4.45. The van der Waals surface area contributed by atoms with Gasteiger partial charge in [0.15, 0.2) is 0 Å². The van der Waals surface area contributed by atoms with E-state index in [1.165, 1.54) is 6.42 Å². The van der Waals surface area contributed by atoms with Crippen molar-refractivity contribution in [2.45, 2.75) is 26.2 Å². The van der Waals surface area contributed by atoms with E-state index in [1.807, 2.05) is 0 Å². The van der Waals surface area contributed by atoms with Crippen LogP contribution in [-0.2, 0) is 4.79 Å². The predicted octanol–water partition coefficient (Wildman–Crippen LogP) is 2.18. The molecule has 0 N–H and O–H groups in total. The fraction of sp³-hybridized carbons (Fsp3) is 0.700. The Morgan fingerprint density at radius 3 is 3.00 bits per heavy atom. The monoisotopic (exact) mass is 150 g/mol. The van der Waals surface area contributed by atoms with Crippen molar-refractivity contribution in [2.75, 3.05) is 0 Å². The third kappa shape index (κ3) is 0.800. The molecule has 0 aromatic rings. The highest BCUT2D eigenvalue weighted by atomic mass is 16.1. The summed E-state index contributed by atoms with van der Waals surface area (Å²) in [4.78, 5) is 10.7. The largest absolute Gasteiger partial charge is 0.303 e. The van der Waals surface area contributed by atoms with Gasteiger partial charge in [0.1, 0.15) is 6.29 Å². The molecule has 11 heavy (non-hydrogen) atoms. The molecule has 1 nitrogen and oxygen atoms in total. The fourth-order valence-corrected chi connectivity index (χ4v) is 2.67. The van der Waals surface area contributed by atoms with Gasteiger partial charge in [-0.25, -0.2) is 0 Å². The maximum Gasteiger partial charge on any atom is 0.123 e. The number of hydrogen-bond donors (Lipinski definition) is 0. The molecule has 0 aromatic heterocycles. The molecule has 60 valence electrons. The summed E-state index contributed by atoms with van der Waals surface area (Å²) in [6.07, 6.45) is 9.20. The van der Waals surface area contributed by atoms with Crippen molar-refractivity contribution < 1.29 is 4.79 Å². The minimum absolute atomic E-state index is 0.270. The molecule has 2 rings (SSSR count). The molecule has 0 heterocycles. The minimum Gasteiger partial charge on any atom is -0.303 e. The van der Waals surface area contributed by atoms with Crippen LogP contribution in [0, 0.1) is 17.3 Å². The van der Waals surface area contributed by atoms with E-state index in [2.05, 4.69) is 19.1 Å². The second kappa shape index (κ2) is 2.20. The summed E-state index contributed by atoms with van der Waals surface area (Å²) in [5.74, 6) is 1.03. The molecule has 1 saturated carbocycles. The van der Waals surface area contributed by atoms with Gasteiger partial charge in [-0.3, -0.25) is 0 Å². The van der Waals surface area contributed by atoms with Crippen molar-refractivity contribution in [1.82, 2.24) is 0 Å². The first-order chi connectivity index (χ1) is 5.30. The van der Waals surface area contributed by atoms with Crippen molar-refractivity contribution in [3.8, 4) is 0 Å². The van der Waals surface area contributed by atoms with Crippen LogP contribution < -0.4 is 0 Å². The zero-order valence-electron chi connectivity index (χ0n) is 6.92. The lowest BCUT2D eigenvalue weighted by Crippen LogP contribution is -2.22. The van der Waals surface area contributed by atoms with Crippen LogP contribution in [0.15, 0.2) is 12.2 Å². The Morgan fingerprint density at radius 1 is 1.73 bits per heavy atom. The zero-order chi connectivity index (χ0) is 7.90. The summed E-state index contributed by atoms with van der Waals surface area (Å²) in [7, 11) is 0. The Bertz CT molecular complexity index is 207. The van der Waals surface area contributed by atoms with Crippen molar-refractivity contribution in [1.29, 1.82) is 0 Å². The van der Waals surface area contributed by atoms with E-state index in [-0.39, 0.29) is 5.41 Å². The van der Waals surface area contributed by atoms with E-state index in [0.29, 0.717) is 11.8 Å². The number of rotatable bonds is 2. The average Bonchev–Trinajstić information content (AvgIpc) is 2.60. The quantitative estimate of drug-likeness (QED) is 0.435. The molecular weight excluding hydrogens is 136 g/mol. The molecule has 2 aliphatic carbocycles. The van der Waals surface area contributed by atoms with Crippen LogP contribution in [0.3, 0.4) is 0 Å². The molecule has 1 heteroatoms. The summed E-state index contributed by atoms with van der Waals surface area (Å²) >= 11 is 0. The summed E-state index contributed by atoms with van der Waals surface area (Å²) in [5.41, 5.74) is 0.270. The van der Waals surface area contributed by atoms with Gasteiger partial charge in [-0.1, -0.05) is 19.1 Å². The van der Waals surface area contributed by atoms with Gasteiger partial charge in [0, 0.05) is 5.92 Å². The maximum absolute atomic E-state index is 10.7. The Morgan fingerprint density at radius 2 is 2.55 bits per heavy atom. The number of carbonyl (C=O) groups excluding carboxylic acids is 1.